The Morgan fingerprint density at radius 1 is 1.38 bits per heavy atom. The smallest absolute Gasteiger partial charge is 0.433 e. The van der Waals surface area contributed by atoms with Crippen LogP contribution in [-0.4, -0.2) is 21.3 Å². The van der Waals surface area contributed by atoms with Crippen molar-refractivity contribution in [1.82, 2.24) is 10.2 Å². The first-order chi connectivity index (χ1) is 7.41. The molecule has 7 heteroatoms. The summed E-state index contributed by atoms with van der Waals surface area (Å²) in [5, 5.41) is 13.6. The molecule has 1 aromatic heterocycles. The van der Waals surface area contributed by atoms with Crippen LogP contribution in [0.4, 0.5) is 13.2 Å². The second-order valence-electron chi connectivity index (χ2n) is 3.10. The minimum Gasteiger partial charge on any atom is -0.478 e. The molecule has 16 heavy (non-hydrogen) atoms. The van der Waals surface area contributed by atoms with Crippen LogP contribution >= 0.6 is 0 Å². The van der Waals surface area contributed by atoms with Gasteiger partial charge in [-0.05, 0) is 12.1 Å². The van der Waals surface area contributed by atoms with E-state index in [0.29, 0.717) is 0 Å². The fourth-order valence-electron chi connectivity index (χ4n) is 1.45. The molecule has 0 fully saturated rings. The van der Waals surface area contributed by atoms with Crippen LogP contribution in [0.25, 0.3) is 10.9 Å². The van der Waals surface area contributed by atoms with Crippen LogP contribution in [0.5, 0.6) is 0 Å². The number of alkyl halides is 3. The number of hydrogen-bond acceptors (Lipinski definition) is 2. The quantitative estimate of drug-likeness (QED) is 0.789. The Balaban J connectivity index is 2.83. The van der Waals surface area contributed by atoms with Gasteiger partial charge >= 0.3 is 12.1 Å². The summed E-state index contributed by atoms with van der Waals surface area (Å²) >= 11 is 0. The summed E-state index contributed by atoms with van der Waals surface area (Å²) < 4.78 is 37.6. The first-order valence-corrected chi connectivity index (χ1v) is 4.19. The lowest BCUT2D eigenvalue weighted by Crippen LogP contribution is -2.08. The summed E-state index contributed by atoms with van der Waals surface area (Å²) in [5.74, 6) is -1.42. The number of rotatable bonds is 1. The number of benzene rings is 1. The maximum Gasteiger partial charge on any atom is 0.433 e. The molecule has 0 saturated heterocycles. The first-order valence-electron chi connectivity index (χ1n) is 4.19. The van der Waals surface area contributed by atoms with Crippen LogP contribution in [0.15, 0.2) is 18.2 Å². The van der Waals surface area contributed by atoms with Crippen molar-refractivity contribution in [3.05, 3.63) is 29.5 Å². The van der Waals surface area contributed by atoms with Crippen molar-refractivity contribution in [2.75, 3.05) is 0 Å². The van der Waals surface area contributed by atoms with Gasteiger partial charge in [0.05, 0.1) is 11.1 Å². The van der Waals surface area contributed by atoms with Gasteiger partial charge in [0.2, 0.25) is 0 Å². The van der Waals surface area contributed by atoms with Crippen molar-refractivity contribution in [2.24, 2.45) is 0 Å². The Morgan fingerprint density at radius 3 is 2.62 bits per heavy atom. The molecule has 2 N–H and O–H groups in total. The zero-order valence-electron chi connectivity index (χ0n) is 7.67. The monoisotopic (exact) mass is 230 g/mol. The fraction of sp³-hybridized carbons (Fsp3) is 0.111. The number of halogens is 3. The Kier molecular flexibility index (Phi) is 2.11. The predicted molar refractivity (Wildman–Crippen MR) is 48.1 cm³/mol. The molecule has 0 unspecified atom stereocenters. The number of aromatic amines is 1. The van der Waals surface area contributed by atoms with Gasteiger partial charge in [-0.1, -0.05) is 6.07 Å². The Labute approximate surface area is 86.7 Å². The third-order valence-corrected chi connectivity index (χ3v) is 2.09. The Hall–Kier alpha value is -2.05. The van der Waals surface area contributed by atoms with Gasteiger partial charge in [-0.25, -0.2) is 4.79 Å². The molecule has 84 valence electrons. The Morgan fingerprint density at radius 2 is 2.06 bits per heavy atom. The standard InChI is InChI=1S/C9H5F3N2O2/c10-9(11,12)7-6-4(8(15)16)2-1-3-5(6)13-14-7/h1-3H,(H,13,14)(H,15,16). The van der Waals surface area contributed by atoms with Gasteiger partial charge in [-0.3, -0.25) is 5.10 Å². The lowest BCUT2D eigenvalue weighted by Gasteiger charge is -2.04. The molecule has 0 aliphatic rings. The van der Waals surface area contributed by atoms with E-state index < -0.39 is 28.8 Å². The highest BCUT2D eigenvalue weighted by molar-refractivity contribution is 6.03. The molecule has 0 atom stereocenters. The first kappa shape index (κ1) is 10.5. The zero-order valence-corrected chi connectivity index (χ0v) is 7.67. The molecule has 0 radical (unpaired) electrons. The number of nitrogens with one attached hydrogen (secondary N) is 1. The molecule has 0 saturated carbocycles. The second-order valence-corrected chi connectivity index (χ2v) is 3.10. The largest absolute Gasteiger partial charge is 0.478 e. The predicted octanol–water partition coefficient (Wildman–Crippen LogP) is 2.28. The van der Waals surface area contributed by atoms with Gasteiger partial charge in [0.1, 0.15) is 5.69 Å². The van der Waals surface area contributed by atoms with Gasteiger partial charge in [0, 0.05) is 5.39 Å². The van der Waals surface area contributed by atoms with Crippen molar-refractivity contribution in [2.45, 2.75) is 6.18 Å². The minimum absolute atomic E-state index is 0.0211. The topological polar surface area (TPSA) is 66.0 Å². The highest BCUT2D eigenvalue weighted by atomic mass is 19.4. The zero-order chi connectivity index (χ0) is 11.9. The number of carboxylic acids is 1. The number of aromatic carboxylic acids is 1. The molecule has 1 heterocycles. The molecule has 2 rings (SSSR count). The van der Waals surface area contributed by atoms with Crippen LogP contribution in [0.1, 0.15) is 16.1 Å². The SMILES string of the molecule is O=C(O)c1cccc2n[nH]c(C(F)(F)F)c12. The highest BCUT2D eigenvalue weighted by Crippen LogP contribution is 2.34. The second kappa shape index (κ2) is 3.22. The van der Waals surface area contributed by atoms with E-state index >= 15 is 0 Å². The fourth-order valence-corrected chi connectivity index (χ4v) is 1.45. The van der Waals surface area contributed by atoms with Crippen LogP contribution in [-0.2, 0) is 6.18 Å². The highest BCUT2D eigenvalue weighted by Gasteiger charge is 2.36. The minimum atomic E-state index is -4.65. The van der Waals surface area contributed by atoms with Crippen molar-refractivity contribution >= 4 is 16.9 Å². The molecule has 0 aliphatic carbocycles. The van der Waals surface area contributed by atoms with Crippen LogP contribution in [0, 0.1) is 0 Å². The summed E-state index contributed by atoms with van der Waals surface area (Å²) in [4.78, 5) is 10.8. The van der Waals surface area contributed by atoms with E-state index in [4.69, 9.17) is 5.11 Å². The van der Waals surface area contributed by atoms with Gasteiger partial charge in [0.15, 0.2) is 0 Å². The molecule has 0 spiro atoms. The van der Waals surface area contributed by atoms with Gasteiger partial charge in [-0.15, -0.1) is 0 Å². The third kappa shape index (κ3) is 1.50. The normalized spacial score (nSPS) is 11.9. The van der Waals surface area contributed by atoms with E-state index in [0.717, 1.165) is 6.07 Å². The van der Waals surface area contributed by atoms with E-state index in [1.54, 1.807) is 0 Å². The van der Waals surface area contributed by atoms with Crippen LogP contribution < -0.4 is 0 Å². The van der Waals surface area contributed by atoms with E-state index in [2.05, 4.69) is 5.10 Å². The number of carbonyl (C=O) groups is 1. The van der Waals surface area contributed by atoms with E-state index in [1.807, 2.05) is 5.10 Å². The molecular weight excluding hydrogens is 225 g/mol. The molecule has 4 nitrogen and oxygen atoms in total. The molecular formula is C9H5F3N2O2. The average molecular weight is 230 g/mol. The third-order valence-electron chi connectivity index (χ3n) is 2.09. The molecule has 0 amide bonds. The summed E-state index contributed by atoms with van der Waals surface area (Å²) in [6, 6.07) is 3.76. The Bertz CT molecular complexity index is 559. The molecule has 0 aliphatic heterocycles. The van der Waals surface area contributed by atoms with Crippen molar-refractivity contribution in [1.29, 1.82) is 0 Å². The van der Waals surface area contributed by atoms with Crippen LogP contribution in [0.3, 0.4) is 0 Å². The van der Waals surface area contributed by atoms with Gasteiger partial charge in [0.25, 0.3) is 0 Å². The van der Waals surface area contributed by atoms with E-state index in [-0.39, 0.29) is 5.52 Å². The number of H-pyrrole nitrogens is 1. The number of nitrogens with zero attached hydrogens (tertiary/aromatic N) is 1. The summed E-state index contributed by atoms with van der Waals surface area (Å²) in [6.07, 6.45) is -4.65. The van der Waals surface area contributed by atoms with E-state index in [9.17, 15) is 18.0 Å². The maximum absolute atomic E-state index is 12.5. The lowest BCUT2D eigenvalue weighted by atomic mass is 10.1. The summed E-state index contributed by atoms with van der Waals surface area (Å²) in [7, 11) is 0. The average Bonchev–Trinajstić information content (AvgIpc) is 2.59. The molecule has 2 aromatic rings. The summed E-state index contributed by atoms with van der Waals surface area (Å²) in [5.41, 5.74) is -1.58. The van der Waals surface area contributed by atoms with Gasteiger partial charge < -0.3 is 5.11 Å². The van der Waals surface area contributed by atoms with Crippen molar-refractivity contribution in [3.63, 3.8) is 0 Å². The van der Waals surface area contributed by atoms with Crippen molar-refractivity contribution in [3.8, 4) is 0 Å². The van der Waals surface area contributed by atoms with Crippen LogP contribution in [0.2, 0.25) is 0 Å². The van der Waals surface area contributed by atoms with Gasteiger partial charge in [-0.2, -0.15) is 18.3 Å². The van der Waals surface area contributed by atoms with Crippen molar-refractivity contribution < 1.29 is 23.1 Å². The lowest BCUT2D eigenvalue weighted by molar-refractivity contribution is -0.139. The maximum atomic E-state index is 12.5. The molecule has 0 bridgehead atoms. The summed E-state index contributed by atoms with van der Waals surface area (Å²) in [6.45, 7) is 0. The number of carboxylic acid groups (broad SMARTS) is 1. The number of fused-ring (bicyclic) bond motifs is 1. The molecule has 1 aromatic carbocycles. The van der Waals surface area contributed by atoms with E-state index in [1.165, 1.54) is 12.1 Å². The number of aromatic nitrogens is 2. The number of hydrogen-bond donors (Lipinski definition) is 2.